The normalized spacial score (nSPS) is 14.0. The SMILES string of the molecule is CCCCCCC/C=C\C/C=C\CCCCCCCCCCCCCCCCCCCCCCCC(=O)NC(COP(=O)(O)OCC[N+](C)(C)C)C(O)/C=C/CCCCCCCCCCCCCCCCCC. The predicted octanol–water partition coefficient (Wildman–Crippen LogP) is 19.7. The number of quaternary nitrogens is 1. The Bertz CT molecular complexity index is 1280. The molecule has 0 bridgehead atoms. The van der Waals surface area contributed by atoms with Gasteiger partial charge in [0.05, 0.1) is 39.9 Å². The number of carbonyl (C=O) groups excluding carboxylic acids is 1. The third-order valence-electron chi connectivity index (χ3n) is 14.6. The Hall–Kier alpha value is -1.28. The highest BCUT2D eigenvalue weighted by atomic mass is 31.2. The summed E-state index contributed by atoms with van der Waals surface area (Å²) >= 11 is 0. The molecule has 0 fully saturated rings. The molecule has 0 aromatic carbocycles. The van der Waals surface area contributed by atoms with Crippen LogP contribution in [-0.2, 0) is 18.4 Å². The molecule has 0 radical (unpaired) electrons. The highest BCUT2D eigenvalue weighted by Gasteiger charge is 2.28. The van der Waals surface area contributed by atoms with E-state index in [-0.39, 0.29) is 19.1 Å². The van der Waals surface area contributed by atoms with Crippen molar-refractivity contribution in [3.05, 3.63) is 36.5 Å². The second kappa shape index (κ2) is 55.5. The summed E-state index contributed by atoms with van der Waals surface area (Å²) in [7, 11) is 1.59. The third kappa shape index (κ3) is 58.2. The number of rotatable bonds is 59. The minimum Gasteiger partial charge on any atom is -0.387 e. The van der Waals surface area contributed by atoms with Gasteiger partial charge in [-0.2, -0.15) is 0 Å². The molecule has 3 atom stereocenters. The number of carbonyl (C=O) groups is 1. The summed E-state index contributed by atoms with van der Waals surface area (Å²) in [6.45, 7) is 4.85. The molecule has 0 rings (SSSR count). The van der Waals surface area contributed by atoms with Gasteiger partial charge in [0.2, 0.25) is 5.91 Å². The second-order valence-corrected chi connectivity index (χ2v) is 24.6. The first-order valence-corrected chi connectivity index (χ1v) is 33.4. The Kier molecular flexibility index (Phi) is 54.5. The van der Waals surface area contributed by atoms with Gasteiger partial charge < -0.3 is 19.8 Å². The fourth-order valence-corrected chi connectivity index (χ4v) is 10.3. The van der Waals surface area contributed by atoms with Crippen LogP contribution in [0, 0.1) is 0 Å². The van der Waals surface area contributed by atoms with E-state index in [0.29, 0.717) is 17.4 Å². The lowest BCUT2D eigenvalue weighted by Crippen LogP contribution is -2.45. The Labute approximate surface area is 455 Å². The van der Waals surface area contributed by atoms with Crippen molar-refractivity contribution >= 4 is 13.7 Å². The fraction of sp³-hybridized carbons (Fsp3) is 0.891. The maximum atomic E-state index is 13.0. The maximum Gasteiger partial charge on any atom is 0.472 e. The van der Waals surface area contributed by atoms with E-state index in [1.54, 1.807) is 6.08 Å². The van der Waals surface area contributed by atoms with Crippen LogP contribution in [0.25, 0.3) is 0 Å². The van der Waals surface area contributed by atoms with Gasteiger partial charge in [0.15, 0.2) is 0 Å². The predicted molar refractivity (Wildman–Crippen MR) is 318 cm³/mol. The Morgan fingerprint density at radius 3 is 1.12 bits per heavy atom. The van der Waals surface area contributed by atoms with Crippen LogP contribution in [-0.4, -0.2) is 73.4 Å². The zero-order valence-electron chi connectivity index (χ0n) is 49.4. The van der Waals surface area contributed by atoms with E-state index < -0.39 is 20.0 Å². The van der Waals surface area contributed by atoms with E-state index in [2.05, 4.69) is 43.5 Å². The topological polar surface area (TPSA) is 105 Å². The average Bonchev–Trinajstić information content (AvgIpc) is 3.35. The molecule has 0 aromatic rings. The van der Waals surface area contributed by atoms with Crippen molar-refractivity contribution in [1.29, 1.82) is 0 Å². The average molecular weight is 1050 g/mol. The van der Waals surface area contributed by atoms with Crippen molar-refractivity contribution in [1.82, 2.24) is 5.32 Å². The van der Waals surface area contributed by atoms with E-state index in [0.717, 1.165) is 44.9 Å². The van der Waals surface area contributed by atoms with E-state index in [1.807, 2.05) is 27.2 Å². The highest BCUT2D eigenvalue weighted by molar-refractivity contribution is 7.47. The summed E-state index contributed by atoms with van der Waals surface area (Å²) in [6.07, 6.45) is 72.7. The van der Waals surface area contributed by atoms with Gasteiger partial charge in [-0.1, -0.05) is 294 Å². The molecule has 0 spiro atoms. The van der Waals surface area contributed by atoms with Gasteiger partial charge in [0, 0.05) is 6.42 Å². The van der Waals surface area contributed by atoms with Crippen LogP contribution < -0.4 is 5.32 Å². The highest BCUT2D eigenvalue weighted by Crippen LogP contribution is 2.43. The van der Waals surface area contributed by atoms with Crippen LogP contribution >= 0.6 is 7.82 Å². The number of nitrogens with zero attached hydrogens (tertiary/aromatic N) is 1. The molecule has 0 saturated carbocycles. The number of likely N-dealkylation sites (N-methyl/N-ethyl adjacent to an activating group) is 1. The summed E-state index contributed by atoms with van der Waals surface area (Å²) in [5.41, 5.74) is 0. The molecule has 73 heavy (non-hydrogen) atoms. The van der Waals surface area contributed by atoms with Gasteiger partial charge in [-0.05, 0) is 51.4 Å². The molecule has 1 amide bonds. The molecule has 8 nitrogen and oxygen atoms in total. The Morgan fingerprint density at radius 1 is 0.466 bits per heavy atom. The van der Waals surface area contributed by atoms with Crippen LogP contribution in [0.2, 0.25) is 0 Å². The summed E-state index contributed by atoms with van der Waals surface area (Å²) < 4.78 is 23.8. The summed E-state index contributed by atoms with van der Waals surface area (Å²) in [5, 5.41) is 14.0. The second-order valence-electron chi connectivity index (χ2n) is 23.1. The van der Waals surface area contributed by atoms with Crippen molar-refractivity contribution in [2.45, 2.75) is 328 Å². The van der Waals surface area contributed by atoms with Gasteiger partial charge in [0.25, 0.3) is 0 Å². The standard InChI is InChI=1S/C64H125N2O6P/c1-6-8-10-12-14-16-18-20-22-24-26-27-28-29-30-31-32-33-34-35-36-37-38-39-40-42-44-46-48-50-52-54-56-58-64(68)65-62(61-72-73(69,70)71-60-59-66(3,4)5)63(67)57-55-53-51-49-47-45-43-41-25-23-21-19-17-15-13-11-9-7-2/h18,20,24,26,55,57,62-63,67H,6-17,19,21-23,25,27-54,56,58-61H2,1-5H3,(H-,65,68,69,70)/p+1/b20-18-,26-24-,57-55+. The minimum absolute atomic E-state index is 0.0635. The third-order valence-corrected chi connectivity index (χ3v) is 15.6. The number of amides is 1. The van der Waals surface area contributed by atoms with E-state index in [4.69, 9.17) is 9.05 Å². The molecule has 0 aromatic heterocycles. The lowest BCUT2D eigenvalue weighted by atomic mass is 10.0. The van der Waals surface area contributed by atoms with Crippen LogP contribution in [0.1, 0.15) is 316 Å². The molecule has 0 saturated heterocycles. The number of hydrogen-bond donors (Lipinski definition) is 3. The van der Waals surface area contributed by atoms with Gasteiger partial charge >= 0.3 is 7.82 Å². The van der Waals surface area contributed by atoms with E-state index >= 15 is 0 Å². The number of unbranched alkanes of at least 4 members (excludes halogenated alkanes) is 42. The smallest absolute Gasteiger partial charge is 0.387 e. The summed E-state index contributed by atoms with van der Waals surface area (Å²) in [6, 6.07) is -0.845. The zero-order chi connectivity index (χ0) is 53.5. The van der Waals surface area contributed by atoms with Crippen molar-refractivity contribution in [2.75, 3.05) is 40.9 Å². The number of allylic oxidation sites excluding steroid dienone is 5. The van der Waals surface area contributed by atoms with Gasteiger partial charge in [-0.15, -0.1) is 0 Å². The van der Waals surface area contributed by atoms with Crippen LogP contribution in [0.5, 0.6) is 0 Å². The first-order chi connectivity index (χ1) is 35.5. The number of phosphoric acid groups is 1. The van der Waals surface area contributed by atoms with Crippen molar-refractivity contribution in [3.63, 3.8) is 0 Å². The van der Waals surface area contributed by atoms with Crippen molar-refractivity contribution < 1.29 is 32.9 Å². The van der Waals surface area contributed by atoms with E-state index in [9.17, 15) is 19.4 Å². The lowest BCUT2D eigenvalue weighted by Gasteiger charge is -2.25. The molecule has 432 valence electrons. The monoisotopic (exact) mass is 1050 g/mol. The Morgan fingerprint density at radius 2 is 0.781 bits per heavy atom. The largest absolute Gasteiger partial charge is 0.472 e. The first kappa shape index (κ1) is 71.7. The van der Waals surface area contributed by atoms with Crippen LogP contribution in [0.15, 0.2) is 36.5 Å². The molecule has 0 aliphatic heterocycles. The molecule has 0 aliphatic carbocycles. The lowest BCUT2D eigenvalue weighted by molar-refractivity contribution is -0.870. The van der Waals surface area contributed by atoms with Crippen LogP contribution in [0.3, 0.4) is 0 Å². The summed E-state index contributed by atoms with van der Waals surface area (Å²) in [5.74, 6) is -0.171. The number of hydrogen-bond acceptors (Lipinski definition) is 5. The first-order valence-electron chi connectivity index (χ1n) is 31.9. The number of nitrogens with one attached hydrogen (secondary N) is 1. The fourth-order valence-electron chi connectivity index (χ4n) is 9.61. The quantitative estimate of drug-likeness (QED) is 0.0243. The Balaban J connectivity index is 4.03. The summed E-state index contributed by atoms with van der Waals surface area (Å²) in [4.78, 5) is 23.3. The van der Waals surface area contributed by atoms with Gasteiger partial charge in [-0.3, -0.25) is 13.8 Å². The van der Waals surface area contributed by atoms with Crippen LogP contribution in [0.4, 0.5) is 0 Å². The van der Waals surface area contributed by atoms with Gasteiger partial charge in [0.1, 0.15) is 13.2 Å². The zero-order valence-corrected chi connectivity index (χ0v) is 50.3. The molecular formula is C64H126N2O6P+. The maximum absolute atomic E-state index is 13.0. The van der Waals surface area contributed by atoms with Crippen molar-refractivity contribution in [2.24, 2.45) is 0 Å². The molecule has 3 unspecified atom stereocenters. The molecule has 9 heteroatoms. The van der Waals surface area contributed by atoms with Gasteiger partial charge in [-0.25, -0.2) is 4.57 Å². The molecule has 0 aliphatic rings. The molecular weight excluding hydrogens is 924 g/mol. The van der Waals surface area contributed by atoms with Crippen molar-refractivity contribution in [3.8, 4) is 0 Å². The molecule has 0 heterocycles. The number of aliphatic hydroxyl groups is 1. The number of aliphatic hydroxyl groups excluding tert-OH is 1. The minimum atomic E-state index is -4.35. The van der Waals surface area contributed by atoms with E-state index in [1.165, 1.54) is 250 Å². The molecule has 3 N–H and O–H groups in total. The number of phosphoric ester groups is 1.